The third-order valence-electron chi connectivity index (χ3n) is 3.60. The first-order valence-electron chi connectivity index (χ1n) is 7.07. The molecular weight excluding hydrogens is 342 g/mol. The molecule has 1 aliphatic rings. The van der Waals surface area contributed by atoms with Crippen molar-refractivity contribution in [3.05, 3.63) is 28.8 Å². The summed E-state index contributed by atoms with van der Waals surface area (Å²) in [6.45, 7) is 1.78. The summed E-state index contributed by atoms with van der Waals surface area (Å²) >= 11 is 7.72. The third-order valence-corrected chi connectivity index (χ3v) is 5.74. The van der Waals surface area contributed by atoms with Crippen LogP contribution >= 0.6 is 23.4 Å². The fourth-order valence-electron chi connectivity index (χ4n) is 2.53. The predicted octanol–water partition coefficient (Wildman–Crippen LogP) is 3.10. The Labute approximate surface area is 141 Å². The fraction of sp³-hybridized carbons (Fsp3) is 0.533. The second kappa shape index (κ2) is 6.81. The van der Waals surface area contributed by atoms with Crippen molar-refractivity contribution >= 4 is 39.1 Å². The average Bonchev–Trinajstić information content (AvgIpc) is 3.21. The lowest BCUT2D eigenvalue weighted by Gasteiger charge is -2.29. The number of carbonyl (C=O) groups is 1. The van der Waals surface area contributed by atoms with E-state index in [0.717, 1.165) is 17.7 Å². The highest BCUT2D eigenvalue weighted by Gasteiger charge is 2.37. The second-order valence-corrected chi connectivity index (χ2v) is 9.20. The van der Waals surface area contributed by atoms with Gasteiger partial charge in [0, 0.05) is 23.2 Å². The van der Waals surface area contributed by atoms with Crippen LogP contribution in [0.15, 0.2) is 23.1 Å². The molecule has 4 nitrogen and oxygen atoms in total. The smallest absolute Gasteiger partial charge is 0.255 e. The van der Waals surface area contributed by atoms with Gasteiger partial charge in [-0.1, -0.05) is 11.6 Å². The van der Waals surface area contributed by atoms with Crippen LogP contribution in [0.2, 0.25) is 5.02 Å². The van der Waals surface area contributed by atoms with Crippen molar-refractivity contribution in [2.75, 3.05) is 18.3 Å². The molecule has 1 aromatic rings. The molecule has 0 radical (unpaired) electrons. The van der Waals surface area contributed by atoms with E-state index in [1.165, 1.54) is 18.0 Å². The molecule has 0 saturated heterocycles. The number of hydrogen-bond donors (Lipinski definition) is 0. The summed E-state index contributed by atoms with van der Waals surface area (Å²) in [5, 5.41) is 0.403. The van der Waals surface area contributed by atoms with Crippen molar-refractivity contribution in [1.29, 1.82) is 0 Å². The lowest BCUT2D eigenvalue weighted by molar-refractivity contribution is 0.0692. The van der Waals surface area contributed by atoms with E-state index in [-0.39, 0.29) is 23.7 Å². The Hall–Kier alpha value is -0.720. The van der Waals surface area contributed by atoms with Gasteiger partial charge >= 0.3 is 0 Å². The summed E-state index contributed by atoms with van der Waals surface area (Å²) in [7, 11) is -3.14. The molecule has 122 valence electrons. The molecule has 1 saturated carbocycles. The molecule has 2 rings (SSSR count). The quantitative estimate of drug-likeness (QED) is 0.730. The van der Waals surface area contributed by atoms with Gasteiger partial charge in [-0.3, -0.25) is 4.79 Å². The number of hydrogen-bond acceptors (Lipinski definition) is 4. The monoisotopic (exact) mass is 361 g/mol. The van der Waals surface area contributed by atoms with E-state index in [1.54, 1.807) is 24.0 Å². The van der Waals surface area contributed by atoms with Crippen LogP contribution in [0.3, 0.4) is 0 Å². The summed E-state index contributed by atoms with van der Waals surface area (Å²) < 4.78 is 23.1. The molecule has 0 heterocycles. The van der Waals surface area contributed by atoms with Gasteiger partial charge in [0.25, 0.3) is 5.91 Å². The SMILES string of the molecule is CSc1ccc(Cl)c(C(=O)N(C2CC2)[C@H](C)CS(C)(=O)=O)c1. The van der Waals surface area contributed by atoms with Gasteiger partial charge in [-0.2, -0.15) is 0 Å². The molecule has 0 bridgehead atoms. The van der Waals surface area contributed by atoms with Crippen LogP contribution < -0.4 is 0 Å². The topological polar surface area (TPSA) is 54.5 Å². The van der Waals surface area contributed by atoms with Gasteiger partial charge < -0.3 is 4.90 Å². The van der Waals surface area contributed by atoms with Crippen molar-refractivity contribution in [3.8, 4) is 0 Å². The predicted molar refractivity (Wildman–Crippen MR) is 91.6 cm³/mol. The van der Waals surface area contributed by atoms with Gasteiger partial charge in [-0.15, -0.1) is 11.8 Å². The van der Waals surface area contributed by atoms with Crippen molar-refractivity contribution < 1.29 is 13.2 Å². The van der Waals surface area contributed by atoms with Gasteiger partial charge in [-0.25, -0.2) is 8.42 Å². The maximum Gasteiger partial charge on any atom is 0.255 e. The minimum absolute atomic E-state index is 0.0327. The van der Waals surface area contributed by atoms with E-state index in [2.05, 4.69) is 0 Å². The molecule has 0 spiro atoms. The van der Waals surface area contributed by atoms with Crippen LogP contribution in [0.1, 0.15) is 30.1 Å². The van der Waals surface area contributed by atoms with Crippen LogP contribution in [0.25, 0.3) is 0 Å². The number of sulfone groups is 1. The lowest BCUT2D eigenvalue weighted by atomic mass is 10.1. The summed E-state index contributed by atoms with van der Waals surface area (Å²) in [6, 6.07) is 5.12. The van der Waals surface area contributed by atoms with E-state index in [1.807, 2.05) is 12.3 Å². The van der Waals surface area contributed by atoms with E-state index >= 15 is 0 Å². The number of rotatable bonds is 6. The normalized spacial score (nSPS) is 16.4. The molecule has 0 N–H and O–H groups in total. The van der Waals surface area contributed by atoms with E-state index < -0.39 is 9.84 Å². The molecular formula is C15H20ClNO3S2. The van der Waals surface area contributed by atoms with Gasteiger partial charge in [0.2, 0.25) is 0 Å². The lowest BCUT2D eigenvalue weighted by Crippen LogP contribution is -2.43. The second-order valence-electron chi connectivity index (χ2n) is 5.73. The summed E-state index contributed by atoms with van der Waals surface area (Å²) in [6.07, 6.45) is 4.96. The minimum atomic E-state index is -3.14. The number of halogens is 1. The van der Waals surface area contributed by atoms with Gasteiger partial charge in [0.15, 0.2) is 0 Å². The van der Waals surface area contributed by atoms with Gasteiger partial charge in [-0.05, 0) is 44.2 Å². The molecule has 0 aromatic heterocycles. The van der Waals surface area contributed by atoms with E-state index in [4.69, 9.17) is 11.6 Å². The van der Waals surface area contributed by atoms with Crippen molar-refractivity contribution in [2.24, 2.45) is 0 Å². The molecule has 1 amide bonds. The van der Waals surface area contributed by atoms with Crippen LogP contribution in [-0.2, 0) is 9.84 Å². The Kier molecular flexibility index (Phi) is 5.45. The van der Waals surface area contributed by atoms with Crippen LogP contribution in [0.5, 0.6) is 0 Å². The number of benzene rings is 1. The zero-order valence-electron chi connectivity index (χ0n) is 12.9. The molecule has 0 unspecified atom stereocenters. The van der Waals surface area contributed by atoms with Gasteiger partial charge in [0.1, 0.15) is 9.84 Å². The standard InChI is InChI=1S/C15H20ClNO3S2/c1-10(9-22(3,19)20)17(11-4-5-11)15(18)13-8-12(21-2)6-7-14(13)16/h6-8,10-11H,4-5,9H2,1-3H3/t10-/m1/s1. The van der Waals surface area contributed by atoms with Crippen molar-refractivity contribution in [1.82, 2.24) is 4.90 Å². The number of nitrogens with zero attached hydrogens (tertiary/aromatic N) is 1. The first-order chi connectivity index (χ1) is 10.2. The first-order valence-corrected chi connectivity index (χ1v) is 10.7. The molecule has 0 aliphatic heterocycles. The fourth-order valence-corrected chi connectivity index (χ4v) is 4.21. The highest BCUT2D eigenvalue weighted by molar-refractivity contribution is 7.98. The van der Waals surface area contributed by atoms with Crippen molar-refractivity contribution in [3.63, 3.8) is 0 Å². The average molecular weight is 362 g/mol. The maximum atomic E-state index is 12.9. The number of carbonyl (C=O) groups excluding carboxylic acids is 1. The Morgan fingerprint density at radius 1 is 1.45 bits per heavy atom. The number of thioether (sulfide) groups is 1. The Morgan fingerprint density at radius 2 is 2.09 bits per heavy atom. The molecule has 22 heavy (non-hydrogen) atoms. The van der Waals surface area contributed by atoms with E-state index in [0.29, 0.717) is 10.6 Å². The van der Waals surface area contributed by atoms with Gasteiger partial charge in [0.05, 0.1) is 16.3 Å². The largest absolute Gasteiger partial charge is 0.332 e. The van der Waals surface area contributed by atoms with Crippen LogP contribution in [-0.4, -0.2) is 49.6 Å². The third kappa shape index (κ3) is 4.40. The Bertz CT molecular complexity index is 671. The summed E-state index contributed by atoms with van der Waals surface area (Å²) in [5.74, 6) is -0.214. The van der Waals surface area contributed by atoms with Crippen LogP contribution in [0.4, 0.5) is 0 Å². The number of amides is 1. The zero-order valence-corrected chi connectivity index (χ0v) is 15.3. The summed E-state index contributed by atoms with van der Waals surface area (Å²) in [4.78, 5) is 15.5. The highest BCUT2D eigenvalue weighted by Crippen LogP contribution is 2.32. The Morgan fingerprint density at radius 3 is 2.59 bits per heavy atom. The van der Waals surface area contributed by atoms with Crippen molar-refractivity contribution in [2.45, 2.75) is 36.7 Å². The molecule has 1 aromatic carbocycles. The highest BCUT2D eigenvalue weighted by atomic mass is 35.5. The molecule has 1 aliphatic carbocycles. The molecule has 1 fully saturated rings. The molecule has 7 heteroatoms. The summed E-state index contributed by atoms with van der Waals surface area (Å²) in [5.41, 5.74) is 0.445. The minimum Gasteiger partial charge on any atom is -0.332 e. The maximum absolute atomic E-state index is 12.9. The molecule has 1 atom stereocenters. The van der Waals surface area contributed by atoms with Crippen LogP contribution in [0, 0.1) is 0 Å². The first kappa shape index (κ1) is 17.6. The zero-order chi connectivity index (χ0) is 16.5. The van der Waals surface area contributed by atoms with E-state index in [9.17, 15) is 13.2 Å². The Balaban J connectivity index is 2.31.